The minimum absolute atomic E-state index is 0.0256. The molecule has 0 saturated heterocycles. The summed E-state index contributed by atoms with van der Waals surface area (Å²) in [7, 11) is 1.53. The topological polar surface area (TPSA) is 71.5 Å². The van der Waals surface area contributed by atoms with Crippen molar-refractivity contribution in [2.24, 2.45) is 5.92 Å². The molecular weight excluding hydrogens is 350 g/mol. The molecule has 2 rings (SSSR count). The van der Waals surface area contributed by atoms with Gasteiger partial charge in [0.25, 0.3) is 5.91 Å². The first-order valence-electron chi connectivity index (χ1n) is 8.55. The van der Waals surface area contributed by atoms with Crippen LogP contribution in [0.4, 0.5) is 5.13 Å². The molecule has 2 amide bonds. The molecule has 1 heterocycles. The molecule has 0 radical (unpaired) electrons. The van der Waals surface area contributed by atoms with Crippen LogP contribution in [0.25, 0.3) is 0 Å². The Morgan fingerprint density at radius 1 is 1.31 bits per heavy atom. The number of amides is 2. The number of ether oxygens (including phenoxy) is 1. The first-order valence-corrected chi connectivity index (χ1v) is 9.43. The standard InChI is InChI=1S/C19H25N3O3S/c1-13(2)9-10-22(11-17(23)21-19-20-14(3)12-26-19)18(24)15-7-5-6-8-16(15)25-4/h5-8,12-13H,9-11H2,1-4H3,(H,20,21,23). The molecule has 26 heavy (non-hydrogen) atoms. The van der Waals surface area contributed by atoms with Gasteiger partial charge in [0.15, 0.2) is 5.13 Å². The van der Waals surface area contributed by atoms with E-state index in [4.69, 9.17) is 4.74 Å². The predicted octanol–water partition coefficient (Wildman–Crippen LogP) is 3.59. The van der Waals surface area contributed by atoms with Crippen molar-refractivity contribution in [3.05, 3.63) is 40.9 Å². The average molecular weight is 375 g/mol. The highest BCUT2D eigenvalue weighted by molar-refractivity contribution is 7.13. The highest BCUT2D eigenvalue weighted by Gasteiger charge is 2.22. The molecule has 0 spiro atoms. The van der Waals surface area contributed by atoms with Gasteiger partial charge in [0.1, 0.15) is 12.3 Å². The maximum Gasteiger partial charge on any atom is 0.258 e. The first kappa shape index (κ1) is 19.9. The lowest BCUT2D eigenvalue weighted by molar-refractivity contribution is -0.116. The number of hydrogen-bond acceptors (Lipinski definition) is 5. The van der Waals surface area contributed by atoms with Crippen molar-refractivity contribution < 1.29 is 14.3 Å². The van der Waals surface area contributed by atoms with E-state index >= 15 is 0 Å². The third-order valence-corrected chi connectivity index (χ3v) is 4.68. The fourth-order valence-electron chi connectivity index (χ4n) is 2.40. The molecule has 1 aromatic carbocycles. The fraction of sp³-hybridized carbons (Fsp3) is 0.421. The van der Waals surface area contributed by atoms with Crippen molar-refractivity contribution in [3.8, 4) is 5.75 Å². The molecule has 0 aliphatic heterocycles. The maximum atomic E-state index is 13.0. The zero-order valence-electron chi connectivity index (χ0n) is 15.6. The molecule has 0 unspecified atom stereocenters. The van der Waals surface area contributed by atoms with Gasteiger partial charge in [-0.05, 0) is 31.4 Å². The summed E-state index contributed by atoms with van der Waals surface area (Å²) in [6.45, 7) is 6.52. The molecule has 0 bridgehead atoms. The second-order valence-corrected chi connectivity index (χ2v) is 7.31. The van der Waals surface area contributed by atoms with Crippen LogP contribution in [-0.4, -0.2) is 41.9 Å². The Hall–Kier alpha value is -2.41. The van der Waals surface area contributed by atoms with Gasteiger partial charge in [0.05, 0.1) is 18.4 Å². The Labute approximate surface area is 158 Å². The number of rotatable bonds is 8. The van der Waals surface area contributed by atoms with Crippen molar-refractivity contribution in [1.82, 2.24) is 9.88 Å². The van der Waals surface area contributed by atoms with Crippen LogP contribution >= 0.6 is 11.3 Å². The van der Waals surface area contributed by atoms with Crippen LogP contribution in [0.1, 0.15) is 36.3 Å². The summed E-state index contributed by atoms with van der Waals surface area (Å²) in [6.07, 6.45) is 0.810. The normalized spacial score (nSPS) is 10.7. The summed E-state index contributed by atoms with van der Waals surface area (Å²) in [5.41, 5.74) is 1.31. The van der Waals surface area contributed by atoms with Gasteiger partial charge in [-0.3, -0.25) is 9.59 Å². The van der Waals surface area contributed by atoms with E-state index in [-0.39, 0.29) is 18.4 Å². The van der Waals surface area contributed by atoms with Gasteiger partial charge in [-0.15, -0.1) is 11.3 Å². The van der Waals surface area contributed by atoms with Crippen LogP contribution in [0.5, 0.6) is 5.75 Å². The van der Waals surface area contributed by atoms with Crippen molar-refractivity contribution in [2.75, 3.05) is 25.5 Å². The quantitative estimate of drug-likeness (QED) is 0.765. The van der Waals surface area contributed by atoms with Crippen molar-refractivity contribution in [1.29, 1.82) is 0 Å². The zero-order chi connectivity index (χ0) is 19.1. The zero-order valence-corrected chi connectivity index (χ0v) is 16.4. The Balaban J connectivity index is 2.13. The van der Waals surface area contributed by atoms with E-state index in [1.54, 1.807) is 23.1 Å². The summed E-state index contributed by atoms with van der Waals surface area (Å²) < 4.78 is 5.29. The lowest BCUT2D eigenvalue weighted by Gasteiger charge is -2.23. The maximum absolute atomic E-state index is 13.0. The molecule has 1 aromatic heterocycles. The second kappa shape index (κ2) is 9.33. The van der Waals surface area contributed by atoms with Gasteiger partial charge in [0, 0.05) is 11.9 Å². The molecule has 140 valence electrons. The van der Waals surface area contributed by atoms with E-state index in [0.29, 0.717) is 28.9 Å². The van der Waals surface area contributed by atoms with Gasteiger partial charge in [-0.2, -0.15) is 0 Å². The number of benzene rings is 1. The SMILES string of the molecule is COc1ccccc1C(=O)N(CCC(C)C)CC(=O)Nc1nc(C)cs1. The summed E-state index contributed by atoms with van der Waals surface area (Å²) in [5.74, 6) is 0.454. The van der Waals surface area contributed by atoms with E-state index in [9.17, 15) is 9.59 Å². The number of aryl methyl sites for hydroxylation is 1. The Morgan fingerprint density at radius 2 is 2.04 bits per heavy atom. The summed E-state index contributed by atoms with van der Waals surface area (Å²) >= 11 is 1.37. The van der Waals surface area contributed by atoms with E-state index in [1.807, 2.05) is 18.4 Å². The molecule has 0 aliphatic carbocycles. The number of hydrogen-bond donors (Lipinski definition) is 1. The Morgan fingerprint density at radius 3 is 2.65 bits per heavy atom. The largest absolute Gasteiger partial charge is 0.496 e. The molecule has 2 aromatic rings. The minimum Gasteiger partial charge on any atom is -0.496 e. The lowest BCUT2D eigenvalue weighted by atomic mass is 10.1. The first-order chi connectivity index (χ1) is 12.4. The van der Waals surface area contributed by atoms with E-state index in [1.165, 1.54) is 18.4 Å². The fourth-order valence-corrected chi connectivity index (χ4v) is 3.11. The van der Waals surface area contributed by atoms with Gasteiger partial charge in [0.2, 0.25) is 5.91 Å². The lowest BCUT2D eigenvalue weighted by Crippen LogP contribution is -2.39. The van der Waals surface area contributed by atoms with Crippen LogP contribution in [-0.2, 0) is 4.79 Å². The summed E-state index contributed by atoms with van der Waals surface area (Å²) in [5, 5.41) is 5.17. The number of nitrogens with zero attached hydrogens (tertiary/aromatic N) is 2. The number of carbonyl (C=O) groups is 2. The van der Waals surface area contributed by atoms with Crippen molar-refractivity contribution >= 4 is 28.3 Å². The van der Waals surface area contributed by atoms with Gasteiger partial charge >= 0.3 is 0 Å². The number of para-hydroxylation sites is 1. The van der Waals surface area contributed by atoms with Crippen molar-refractivity contribution in [3.63, 3.8) is 0 Å². The number of anilines is 1. The molecule has 0 aliphatic rings. The highest BCUT2D eigenvalue weighted by atomic mass is 32.1. The molecular formula is C19H25N3O3S. The molecule has 0 saturated carbocycles. The summed E-state index contributed by atoms with van der Waals surface area (Å²) in [4.78, 5) is 31.2. The van der Waals surface area contributed by atoms with Crippen LogP contribution in [0.3, 0.4) is 0 Å². The van der Waals surface area contributed by atoms with Gasteiger partial charge in [-0.1, -0.05) is 26.0 Å². The summed E-state index contributed by atoms with van der Waals surface area (Å²) in [6, 6.07) is 7.05. The number of methoxy groups -OCH3 is 1. The number of thiazole rings is 1. The number of aromatic nitrogens is 1. The van der Waals surface area contributed by atoms with Crippen LogP contribution in [0.15, 0.2) is 29.6 Å². The molecule has 6 nitrogen and oxygen atoms in total. The minimum atomic E-state index is -0.258. The molecule has 0 fully saturated rings. The van der Waals surface area contributed by atoms with Crippen LogP contribution in [0.2, 0.25) is 0 Å². The smallest absolute Gasteiger partial charge is 0.258 e. The Bertz CT molecular complexity index is 758. The third-order valence-electron chi connectivity index (χ3n) is 3.80. The number of nitrogens with one attached hydrogen (secondary N) is 1. The monoisotopic (exact) mass is 375 g/mol. The van der Waals surface area contributed by atoms with Gasteiger partial charge in [-0.25, -0.2) is 4.98 Å². The predicted molar refractivity (Wildman–Crippen MR) is 104 cm³/mol. The van der Waals surface area contributed by atoms with Crippen LogP contribution in [0, 0.1) is 12.8 Å². The number of carbonyl (C=O) groups excluding carboxylic acids is 2. The molecule has 1 N–H and O–H groups in total. The highest BCUT2D eigenvalue weighted by Crippen LogP contribution is 2.20. The molecule has 0 atom stereocenters. The third kappa shape index (κ3) is 5.56. The second-order valence-electron chi connectivity index (χ2n) is 6.45. The van der Waals surface area contributed by atoms with E-state index < -0.39 is 0 Å². The average Bonchev–Trinajstić information content (AvgIpc) is 3.02. The molecule has 7 heteroatoms. The van der Waals surface area contributed by atoms with Gasteiger partial charge < -0.3 is 15.0 Å². The van der Waals surface area contributed by atoms with Crippen molar-refractivity contribution in [2.45, 2.75) is 27.2 Å². The Kier molecular flexibility index (Phi) is 7.15. The van der Waals surface area contributed by atoms with Crippen LogP contribution < -0.4 is 10.1 Å². The van der Waals surface area contributed by atoms with E-state index in [2.05, 4.69) is 24.1 Å². The van der Waals surface area contributed by atoms with E-state index in [0.717, 1.165) is 12.1 Å².